The molecule has 1 aliphatic heterocycles. The molecule has 23 heavy (non-hydrogen) atoms. The molecule has 0 aliphatic carbocycles. The van der Waals surface area contributed by atoms with Crippen molar-refractivity contribution >= 4 is 28.9 Å². The third kappa shape index (κ3) is 3.60. The molecular weight excluding hydrogens is 330 g/mol. The van der Waals surface area contributed by atoms with Crippen molar-refractivity contribution in [2.45, 2.75) is 32.4 Å². The van der Waals surface area contributed by atoms with E-state index in [1.807, 2.05) is 31.2 Å². The van der Waals surface area contributed by atoms with Gasteiger partial charge in [-0.3, -0.25) is 9.69 Å². The van der Waals surface area contributed by atoms with Crippen LogP contribution in [-0.2, 0) is 11.3 Å². The van der Waals surface area contributed by atoms with E-state index in [0.29, 0.717) is 0 Å². The quantitative estimate of drug-likeness (QED) is 0.865. The third-order valence-corrected chi connectivity index (χ3v) is 6.03. The molecule has 122 valence electrons. The molecule has 0 amide bonds. The minimum Gasteiger partial charge on any atom is -0.481 e. The summed E-state index contributed by atoms with van der Waals surface area (Å²) in [4.78, 5) is 16.0. The van der Waals surface area contributed by atoms with Gasteiger partial charge in [0.25, 0.3) is 0 Å². The van der Waals surface area contributed by atoms with E-state index < -0.39 is 5.97 Å². The molecule has 1 fully saturated rings. The van der Waals surface area contributed by atoms with Crippen LogP contribution in [-0.4, -0.2) is 28.6 Å². The normalized spacial score (nSPS) is 22.2. The zero-order valence-corrected chi connectivity index (χ0v) is 14.6. The number of nitrogens with zero attached hydrogens (tertiary/aromatic N) is 1. The largest absolute Gasteiger partial charge is 0.481 e. The van der Waals surface area contributed by atoms with E-state index in [4.69, 9.17) is 11.6 Å². The van der Waals surface area contributed by atoms with Gasteiger partial charge in [-0.15, -0.1) is 11.3 Å². The lowest BCUT2D eigenvalue weighted by atomic mass is 9.90. The zero-order valence-electron chi connectivity index (χ0n) is 13.0. The van der Waals surface area contributed by atoms with Gasteiger partial charge in [0, 0.05) is 32.9 Å². The SMILES string of the molecule is C[C@@H]1[C@H](C(=O)O)CCCN1Cc1ccc(-c2ccccc2Cl)s1. The summed E-state index contributed by atoms with van der Waals surface area (Å²) in [6.07, 6.45) is 1.73. The van der Waals surface area contributed by atoms with Gasteiger partial charge in [0.05, 0.1) is 5.92 Å². The maximum Gasteiger partial charge on any atom is 0.308 e. The predicted molar refractivity (Wildman–Crippen MR) is 95.0 cm³/mol. The minimum atomic E-state index is -0.676. The number of benzene rings is 1. The van der Waals surface area contributed by atoms with Crippen LogP contribution in [0.25, 0.3) is 10.4 Å². The van der Waals surface area contributed by atoms with Crippen molar-refractivity contribution in [2.24, 2.45) is 5.92 Å². The Labute approximate surface area is 145 Å². The first-order chi connectivity index (χ1) is 11.1. The van der Waals surface area contributed by atoms with Gasteiger partial charge in [-0.05, 0) is 44.5 Å². The van der Waals surface area contributed by atoms with E-state index in [9.17, 15) is 9.90 Å². The van der Waals surface area contributed by atoms with Crippen molar-refractivity contribution in [3.63, 3.8) is 0 Å². The summed E-state index contributed by atoms with van der Waals surface area (Å²) in [6.45, 7) is 3.80. The van der Waals surface area contributed by atoms with Crippen LogP contribution in [0.5, 0.6) is 0 Å². The summed E-state index contributed by atoms with van der Waals surface area (Å²) in [5, 5.41) is 10.1. The van der Waals surface area contributed by atoms with Gasteiger partial charge in [0.1, 0.15) is 0 Å². The van der Waals surface area contributed by atoms with Crippen molar-refractivity contribution in [3.8, 4) is 10.4 Å². The summed E-state index contributed by atoms with van der Waals surface area (Å²) in [5.41, 5.74) is 1.06. The Hall–Kier alpha value is -1.36. The van der Waals surface area contributed by atoms with Crippen LogP contribution in [0.2, 0.25) is 5.02 Å². The second kappa shape index (κ2) is 7.04. The lowest BCUT2D eigenvalue weighted by Gasteiger charge is -2.37. The summed E-state index contributed by atoms with van der Waals surface area (Å²) >= 11 is 8.00. The number of carboxylic acid groups (broad SMARTS) is 1. The number of piperidine rings is 1. The summed E-state index contributed by atoms with van der Waals surface area (Å²) in [6, 6.07) is 12.2. The molecule has 1 aromatic carbocycles. The Balaban J connectivity index is 1.74. The van der Waals surface area contributed by atoms with Crippen LogP contribution in [0, 0.1) is 5.92 Å². The highest BCUT2D eigenvalue weighted by atomic mass is 35.5. The Morgan fingerprint density at radius 2 is 2.13 bits per heavy atom. The molecule has 3 rings (SSSR count). The van der Waals surface area contributed by atoms with Crippen molar-refractivity contribution in [2.75, 3.05) is 6.54 Å². The first kappa shape index (κ1) is 16.5. The van der Waals surface area contributed by atoms with Crippen molar-refractivity contribution in [1.29, 1.82) is 0 Å². The lowest BCUT2D eigenvalue weighted by molar-refractivity contribution is -0.145. The number of hydrogen-bond donors (Lipinski definition) is 1. The monoisotopic (exact) mass is 349 g/mol. The first-order valence-corrected chi connectivity index (χ1v) is 9.06. The van der Waals surface area contributed by atoms with Crippen molar-refractivity contribution in [1.82, 2.24) is 4.90 Å². The number of thiophene rings is 1. The molecule has 0 unspecified atom stereocenters. The number of aliphatic carboxylic acids is 1. The standard InChI is InChI=1S/C18H20ClNO2S/c1-12-14(18(21)22)6-4-10-20(12)11-13-8-9-17(23-13)15-5-2-3-7-16(15)19/h2-3,5,7-9,12,14H,4,6,10-11H2,1H3,(H,21,22)/t12-,14-/m1/s1. The summed E-state index contributed by atoms with van der Waals surface area (Å²) in [5.74, 6) is -0.933. The fraction of sp³-hybridized carbons (Fsp3) is 0.389. The van der Waals surface area contributed by atoms with Gasteiger partial charge < -0.3 is 5.11 Å². The minimum absolute atomic E-state index is 0.0760. The molecule has 0 spiro atoms. The third-order valence-electron chi connectivity index (χ3n) is 4.60. The fourth-order valence-electron chi connectivity index (χ4n) is 3.24. The Bertz CT molecular complexity index is 700. The molecule has 2 heterocycles. The maximum atomic E-state index is 11.4. The molecule has 3 nitrogen and oxygen atoms in total. The highest BCUT2D eigenvalue weighted by molar-refractivity contribution is 7.15. The fourth-order valence-corrected chi connectivity index (χ4v) is 4.60. The zero-order chi connectivity index (χ0) is 16.4. The van der Waals surface area contributed by atoms with E-state index in [-0.39, 0.29) is 12.0 Å². The molecule has 1 aliphatic rings. The van der Waals surface area contributed by atoms with Crippen LogP contribution in [0.15, 0.2) is 36.4 Å². The van der Waals surface area contributed by atoms with Gasteiger partial charge in [-0.2, -0.15) is 0 Å². The Morgan fingerprint density at radius 3 is 2.87 bits per heavy atom. The number of halogens is 1. The second-order valence-corrected chi connectivity index (χ2v) is 7.62. The van der Waals surface area contributed by atoms with E-state index in [1.165, 1.54) is 4.88 Å². The molecule has 0 saturated carbocycles. The number of rotatable bonds is 4. The van der Waals surface area contributed by atoms with Crippen LogP contribution in [0.4, 0.5) is 0 Å². The van der Waals surface area contributed by atoms with Crippen LogP contribution < -0.4 is 0 Å². The molecule has 1 saturated heterocycles. The number of hydrogen-bond acceptors (Lipinski definition) is 3. The van der Waals surface area contributed by atoms with Crippen molar-refractivity contribution < 1.29 is 9.90 Å². The lowest BCUT2D eigenvalue weighted by Crippen LogP contribution is -2.45. The maximum absolute atomic E-state index is 11.4. The average Bonchev–Trinajstić information content (AvgIpc) is 2.98. The predicted octanol–water partition coefficient (Wildman–Crippen LogP) is 4.75. The van der Waals surface area contributed by atoms with E-state index in [2.05, 4.69) is 17.0 Å². The topological polar surface area (TPSA) is 40.5 Å². The molecule has 5 heteroatoms. The molecule has 0 bridgehead atoms. The molecule has 2 aromatic rings. The number of carboxylic acids is 1. The van der Waals surface area contributed by atoms with Crippen LogP contribution in [0.3, 0.4) is 0 Å². The van der Waals surface area contributed by atoms with Crippen molar-refractivity contribution in [3.05, 3.63) is 46.3 Å². The Morgan fingerprint density at radius 1 is 1.35 bits per heavy atom. The van der Waals surface area contributed by atoms with Gasteiger partial charge in [-0.25, -0.2) is 0 Å². The molecule has 1 N–H and O–H groups in total. The average molecular weight is 350 g/mol. The summed E-state index contributed by atoms with van der Waals surface area (Å²) in [7, 11) is 0. The van der Waals surface area contributed by atoms with Gasteiger partial charge >= 0.3 is 5.97 Å². The second-order valence-electron chi connectivity index (χ2n) is 6.04. The number of likely N-dealkylation sites (tertiary alicyclic amines) is 1. The molecule has 1 aromatic heterocycles. The highest BCUT2D eigenvalue weighted by Gasteiger charge is 2.32. The van der Waals surface area contributed by atoms with Gasteiger partial charge in [-0.1, -0.05) is 29.8 Å². The van der Waals surface area contributed by atoms with Crippen LogP contribution >= 0.6 is 22.9 Å². The van der Waals surface area contributed by atoms with Crippen LogP contribution in [0.1, 0.15) is 24.6 Å². The number of carbonyl (C=O) groups is 1. The molecular formula is C18H20ClNO2S. The van der Waals surface area contributed by atoms with Gasteiger partial charge in [0.15, 0.2) is 0 Å². The molecule has 0 radical (unpaired) electrons. The smallest absolute Gasteiger partial charge is 0.308 e. The Kier molecular flexibility index (Phi) is 5.05. The van der Waals surface area contributed by atoms with E-state index >= 15 is 0 Å². The summed E-state index contributed by atoms with van der Waals surface area (Å²) < 4.78 is 0. The first-order valence-electron chi connectivity index (χ1n) is 7.86. The van der Waals surface area contributed by atoms with E-state index in [1.54, 1.807) is 11.3 Å². The van der Waals surface area contributed by atoms with Gasteiger partial charge in [0.2, 0.25) is 0 Å². The molecule has 2 atom stereocenters. The highest BCUT2D eigenvalue weighted by Crippen LogP contribution is 2.34. The van der Waals surface area contributed by atoms with E-state index in [0.717, 1.165) is 41.4 Å².